The number of halogens is 3. The predicted molar refractivity (Wildman–Crippen MR) is 59.7 cm³/mol. The van der Waals surface area contributed by atoms with E-state index in [2.05, 4.69) is 4.74 Å². The van der Waals surface area contributed by atoms with Crippen LogP contribution < -0.4 is 5.73 Å². The van der Waals surface area contributed by atoms with Gasteiger partial charge in [-0.05, 0) is 24.6 Å². The van der Waals surface area contributed by atoms with Crippen LogP contribution in [0, 0.1) is 6.92 Å². The first-order chi connectivity index (χ1) is 8.13. The van der Waals surface area contributed by atoms with Crippen LogP contribution in [0.4, 0.5) is 18.9 Å². The Morgan fingerprint density at radius 2 is 1.94 bits per heavy atom. The molecule has 0 unspecified atom stereocenters. The molecule has 0 aliphatic carbocycles. The van der Waals surface area contributed by atoms with Gasteiger partial charge in [-0.3, -0.25) is 0 Å². The summed E-state index contributed by atoms with van der Waals surface area (Å²) in [6.45, 7) is -0.125. The molecule has 0 aliphatic rings. The molecular formula is C10H12F3NO3S. The van der Waals surface area contributed by atoms with E-state index in [1.807, 2.05) is 0 Å². The molecule has 18 heavy (non-hydrogen) atoms. The van der Waals surface area contributed by atoms with Crippen molar-refractivity contribution in [2.45, 2.75) is 18.0 Å². The molecule has 2 N–H and O–H groups in total. The molecular weight excluding hydrogens is 271 g/mol. The van der Waals surface area contributed by atoms with E-state index in [1.54, 1.807) is 0 Å². The third-order valence-electron chi connectivity index (χ3n) is 2.17. The molecule has 0 aromatic heterocycles. The maximum atomic E-state index is 11.8. The molecule has 0 fully saturated rings. The van der Waals surface area contributed by atoms with Crippen LogP contribution in [0.5, 0.6) is 0 Å². The average Bonchev–Trinajstić information content (AvgIpc) is 2.19. The number of anilines is 1. The lowest BCUT2D eigenvalue weighted by Crippen LogP contribution is -2.21. The van der Waals surface area contributed by atoms with Gasteiger partial charge in [0, 0.05) is 5.69 Å². The van der Waals surface area contributed by atoms with Gasteiger partial charge in [-0.15, -0.1) is 0 Å². The Morgan fingerprint density at radius 1 is 1.33 bits per heavy atom. The van der Waals surface area contributed by atoms with Crippen LogP contribution in [-0.2, 0) is 14.6 Å². The molecule has 4 nitrogen and oxygen atoms in total. The molecule has 0 bridgehead atoms. The molecule has 1 aromatic rings. The van der Waals surface area contributed by atoms with Crippen LogP contribution in [0.15, 0.2) is 23.1 Å². The van der Waals surface area contributed by atoms with Crippen LogP contribution in [0.3, 0.4) is 0 Å². The Labute approximate surface area is 102 Å². The van der Waals surface area contributed by atoms with E-state index in [0.29, 0.717) is 5.56 Å². The molecule has 1 rings (SSSR count). The van der Waals surface area contributed by atoms with Gasteiger partial charge >= 0.3 is 6.18 Å². The number of rotatable bonds is 4. The lowest BCUT2D eigenvalue weighted by Gasteiger charge is -2.11. The topological polar surface area (TPSA) is 69.4 Å². The first-order valence-corrected chi connectivity index (χ1v) is 6.51. The summed E-state index contributed by atoms with van der Waals surface area (Å²) in [6, 6.07) is 4.20. The summed E-state index contributed by atoms with van der Waals surface area (Å²) < 4.78 is 63.2. The highest BCUT2D eigenvalue weighted by atomic mass is 32.2. The molecule has 1 aromatic carbocycles. The number of nitrogens with two attached hydrogens (primary N) is 1. The predicted octanol–water partition coefficient (Wildman–Crippen LogP) is 1.89. The van der Waals surface area contributed by atoms with Crippen molar-refractivity contribution in [1.29, 1.82) is 0 Å². The zero-order chi connectivity index (χ0) is 14.0. The van der Waals surface area contributed by atoms with Crippen molar-refractivity contribution in [3.63, 3.8) is 0 Å². The number of hydrogen-bond donors (Lipinski definition) is 1. The van der Waals surface area contributed by atoms with Gasteiger partial charge in [0.2, 0.25) is 9.84 Å². The highest BCUT2D eigenvalue weighted by Crippen LogP contribution is 2.22. The third-order valence-corrected chi connectivity index (χ3v) is 3.75. The zero-order valence-corrected chi connectivity index (χ0v) is 10.3. The van der Waals surface area contributed by atoms with Gasteiger partial charge in [-0.2, -0.15) is 13.2 Å². The van der Waals surface area contributed by atoms with Gasteiger partial charge in [0.25, 0.3) is 0 Å². The molecule has 0 aliphatic heterocycles. The Hall–Kier alpha value is -1.28. The van der Waals surface area contributed by atoms with Crippen LogP contribution in [0.25, 0.3) is 0 Å². The van der Waals surface area contributed by atoms with E-state index in [9.17, 15) is 21.6 Å². The van der Waals surface area contributed by atoms with Crippen molar-refractivity contribution in [3.8, 4) is 0 Å². The molecule has 8 heteroatoms. The van der Waals surface area contributed by atoms with Crippen molar-refractivity contribution < 1.29 is 26.3 Å². The summed E-state index contributed by atoms with van der Waals surface area (Å²) in [7, 11) is -3.94. The molecule has 0 saturated heterocycles. The Balaban J connectivity index is 2.84. The fourth-order valence-electron chi connectivity index (χ4n) is 1.30. The maximum absolute atomic E-state index is 11.8. The molecule has 0 radical (unpaired) electrons. The number of benzene rings is 1. The van der Waals surface area contributed by atoms with Gasteiger partial charge < -0.3 is 10.5 Å². The van der Waals surface area contributed by atoms with E-state index in [1.165, 1.54) is 25.1 Å². The molecule has 0 heterocycles. The highest BCUT2D eigenvalue weighted by Gasteiger charge is 2.29. The summed E-state index contributed by atoms with van der Waals surface area (Å²) in [4.78, 5) is -0.121. The van der Waals surface area contributed by atoms with E-state index in [4.69, 9.17) is 5.73 Å². The Bertz CT molecular complexity index is 526. The summed E-state index contributed by atoms with van der Waals surface area (Å²) >= 11 is 0. The normalized spacial score (nSPS) is 12.7. The minimum atomic E-state index is -4.56. The van der Waals surface area contributed by atoms with Gasteiger partial charge in [0.15, 0.2) is 5.94 Å². The number of ether oxygens (including phenoxy) is 1. The van der Waals surface area contributed by atoms with Crippen molar-refractivity contribution in [1.82, 2.24) is 0 Å². The fraction of sp³-hybridized carbons (Fsp3) is 0.400. The zero-order valence-electron chi connectivity index (χ0n) is 9.49. The molecule has 0 saturated carbocycles. The van der Waals surface area contributed by atoms with Crippen LogP contribution in [0.1, 0.15) is 5.56 Å². The van der Waals surface area contributed by atoms with Gasteiger partial charge in [-0.25, -0.2) is 8.42 Å². The quantitative estimate of drug-likeness (QED) is 0.857. The third kappa shape index (κ3) is 3.88. The number of nitrogen functional groups attached to an aromatic ring is 1. The van der Waals surface area contributed by atoms with E-state index < -0.39 is 28.6 Å². The summed E-state index contributed by atoms with van der Waals surface area (Å²) in [5.41, 5.74) is 6.09. The minimum absolute atomic E-state index is 0.121. The van der Waals surface area contributed by atoms with Crippen LogP contribution in [0.2, 0.25) is 0 Å². The number of hydrogen-bond acceptors (Lipinski definition) is 4. The monoisotopic (exact) mass is 283 g/mol. The van der Waals surface area contributed by atoms with Crippen molar-refractivity contribution in [2.75, 3.05) is 18.3 Å². The second kappa shape index (κ2) is 5.15. The van der Waals surface area contributed by atoms with E-state index in [0.717, 1.165) is 0 Å². The average molecular weight is 283 g/mol. The molecule has 0 amide bonds. The maximum Gasteiger partial charge on any atom is 0.411 e. The van der Waals surface area contributed by atoms with Gasteiger partial charge in [0.05, 0.1) is 4.90 Å². The van der Waals surface area contributed by atoms with Gasteiger partial charge in [-0.1, -0.05) is 6.07 Å². The lowest BCUT2D eigenvalue weighted by atomic mass is 10.2. The lowest BCUT2D eigenvalue weighted by molar-refractivity contribution is -0.169. The van der Waals surface area contributed by atoms with Crippen molar-refractivity contribution in [2.24, 2.45) is 0 Å². The largest absolute Gasteiger partial charge is 0.411 e. The van der Waals surface area contributed by atoms with E-state index >= 15 is 0 Å². The molecule has 0 atom stereocenters. The standard InChI is InChI=1S/C10H12F3NO3S/c1-7-8(14)3-2-4-9(7)18(15,16)6-17-5-10(11,12)13/h2-4H,5-6,14H2,1H3. The second-order valence-corrected chi connectivity index (χ2v) is 5.57. The first-order valence-electron chi connectivity index (χ1n) is 4.86. The smallest absolute Gasteiger partial charge is 0.398 e. The van der Waals surface area contributed by atoms with E-state index in [-0.39, 0.29) is 10.6 Å². The minimum Gasteiger partial charge on any atom is -0.398 e. The Morgan fingerprint density at radius 3 is 2.50 bits per heavy atom. The fourth-order valence-corrected chi connectivity index (χ4v) is 2.60. The van der Waals surface area contributed by atoms with Crippen molar-refractivity contribution >= 4 is 15.5 Å². The SMILES string of the molecule is Cc1c(N)cccc1S(=O)(=O)COCC(F)(F)F. The first kappa shape index (κ1) is 14.8. The number of alkyl halides is 3. The second-order valence-electron chi connectivity index (χ2n) is 3.67. The van der Waals surface area contributed by atoms with Crippen LogP contribution >= 0.6 is 0 Å². The highest BCUT2D eigenvalue weighted by molar-refractivity contribution is 7.91. The Kier molecular flexibility index (Phi) is 4.23. The summed E-state index contributed by atoms with van der Waals surface area (Å²) in [5.74, 6) is -1.03. The summed E-state index contributed by atoms with van der Waals surface area (Å²) in [6.07, 6.45) is -4.56. The van der Waals surface area contributed by atoms with Gasteiger partial charge in [0.1, 0.15) is 6.61 Å². The van der Waals surface area contributed by atoms with Crippen molar-refractivity contribution in [3.05, 3.63) is 23.8 Å². The molecule has 0 spiro atoms. The molecule has 102 valence electrons. The number of sulfone groups is 1. The summed E-state index contributed by atoms with van der Waals surface area (Å²) in [5, 5.41) is 0. The van der Waals surface area contributed by atoms with Crippen LogP contribution in [-0.4, -0.2) is 27.1 Å².